The number of aromatic nitrogens is 1. The summed E-state index contributed by atoms with van der Waals surface area (Å²) in [7, 11) is 1.78. The van der Waals surface area contributed by atoms with Gasteiger partial charge in [0.05, 0.1) is 5.69 Å². The van der Waals surface area contributed by atoms with E-state index in [0.29, 0.717) is 22.5 Å². The summed E-state index contributed by atoms with van der Waals surface area (Å²) >= 11 is 3.07. The Hall–Kier alpha value is -1.47. The summed E-state index contributed by atoms with van der Waals surface area (Å²) in [5, 5.41) is 6.70. The van der Waals surface area contributed by atoms with Crippen LogP contribution in [-0.4, -0.2) is 12.2 Å². The Morgan fingerprint density at radius 1 is 1.37 bits per heavy atom. The minimum Gasteiger partial charge on any atom is -0.482 e. The third-order valence-corrected chi connectivity index (χ3v) is 2.75. The molecule has 7 heteroatoms. The van der Waals surface area contributed by atoms with Gasteiger partial charge in [0, 0.05) is 17.1 Å². The first kappa shape index (κ1) is 14.0. The first-order chi connectivity index (χ1) is 9.10. The van der Waals surface area contributed by atoms with Crippen LogP contribution in [0.3, 0.4) is 0 Å². The lowest BCUT2D eigenvalue weighted by molar-refractivity contribution is 0.236. The van der Waals surface area contributed by atoms with E-state index >= 15 is 0 Å². The average Bonchev–Trinajstić information content (AvgIpc) is 2.80. The summed E-state index contributed by atoms with van der Waals surface area (Å²) in [5.41, 5.74) is 0.710. The van der Waals surface area contributed by atoms with Gasteiger partial charge in [0.1, 0.15) is 6.61 Å². The number of ether oxygens (including phenoxy) is 1. The van der Waals surface area contributed by atoms with Gasteiger partial charge in [0.25, 0.3) is 0 Å². The van der Waals surface area contributed by atoms with Gasteiger partial charge in [-0.2, -0.15) is 4.39 Å². The molecule has 0 saturated heterocycles. The fourth-order valence-electron chi connectivity index (χ4n) is 1.47. The van der Waals surface area contributed by atoms with Crippen molar-refractivity contribution in [2.24, 2.45) is 0 Å². The normalized spacial score (nSPS) is 10.7. The minimum atomic E-state index is -1.03. The second-order valence-electron chi connectivity index (χ2n) is 3.80. The lowest BCUT2D eigenvalue weighted by Gasteiger charge is -2.06. The van der Waals surface area contributed by atoms with Gasteiger partial charge in [-0.3, -0.25) is 0 Å². The molecule has 2 rings (SSSR count). The van der Waals surface area contributed by atoms with Gasteiger partial charge in [-0.15, -0.1) is 0 Å². The number of nitrogens with one attached hydrogen (secondary N) is 1. The summed E-state index contributed by atoms with van der Waals surface area (Å²) in [6, 6.07) is 4.06. The first-order valence-electron chi connectivity index (χ1n) is 5.46. The van der Waals surface area contributed by atoms with Crippen molar-refractivity contribution < 1.29 is 18.0 Å². The van der Waals surface area contributed by atoms with Crippen LogP contribution >= 0.6 is 15.9 Å². The smallest absolute Gasteiger partial charge is 0.200 e. The van der Waals surface area contributed by atoms with E-state index in [9.17, 15) is 8.78 Å². The van der Waals surface area contributed by atoms with Crippen LogP contribution in [0.2, 0.25) is 0 Å². The minimum absolute atomic E-state index is 0.0243. The van der Waals surface area contributed by atoms with E-state index in [-0.39, 0.29) is 12.4 Å². The van der Waals surface area contributed by atoms with Gasteiger partial charge in [-0.05, 0) is 19.2 Å². The third-order valence-electron chi connectivity index (χ3n) is 2.30. The zero-order chi connectivity index (χ0) is 13.8. The van der Waals surface area contributed by atoms with Gasteiger partial charge >= 0.3 is 0 Å². The molecule has 2 aromatic rings. The molecule has 0 bridgehead atoms. The highest BCUT2D eigenvalue weighted by Gasteiger charge is 2.12. The number of benzene rings is 1. The molecule has 0 fully saturated rings. The predicted octanol–water partition coefficient (Wildman–Crippen LogP) is 3.01. The van der Waals surface area contributed by atoms with Crippen molar-refractivity contribution >= 4 is 15.9 Å². The average molecular weight is 333 g/mol. The van der Waals surface area contributed by atoms with Crippen molar-refractivity contribution in [2.45, 2.75) is 13.2 Å². The summed E-state index contributed by atoms with van der Waals surface area (Å²) < 4.78 is 37.1. The van der Waals surface area contributed by atoms with Crippen LogP contribution in [0, 0.1) is 11.6 Å². The van der Waals surface area contributed by atoms with Crippen LogP contribution < -0.4 is 10.1 Å². The van der Waals surface area contributed by atoms with Crippen LogP contribution in [0.5, 0.6) is 5.75 Å². The van der Waals surface area contributed by atoms with Crippen molar-refractivity contribution in [2.75, 3.05) is 7.05 Å². The topological polar surface area (TPSA) is 47.3 Å². The SMILES string of the molecule is CNCc1cc(COc2cc(Br)cc(F)c2F)on1. The zero-order valence-corrected chi connectivity index (χ0v) is 11.6. The second kappa shape index (κ2) is 6.12. The Bertz CT molecular complexity index is 575. The van der Waals surface area contributed by atoms with Gasteiger partial charge in [-0.1, -0.05) is 21.1 Å². The van der Waals surface area contributed by atoms with Crippen LogP contribution in [-0.2, 0) is 13.2 Å². The Balaban J connectivity index is 2.05. The molecule has 1 aromatic heterocycles. The standard InChI is InChI=1S/C12H11BrF2N2O2/c1-16-5-8-4-9(19-17-8)6-18-11-3-7(13)2-10(14)12(11)15/h2-4,16H,5-6H2,1H3. The van der Waals surface area contributed by atoms with E-state index < -0.39 is 11.6 Å². The molecule has 0 aliphatic heterocycles. The Kier molecular flexibility index (Phi) is 4.49. The molecule has 1 heterocycles. The molecule has 102 valence electrons. The van der Waals surface area contributed by atoms with Gasteiger partial charge in [-0.25, -0.2) is 4.39 Å². The van der Waals surface area contributed by atoms with Crippen molar-refractivity contribution in [1.29, 1.82) is 0 Å². The van der Waals surface area contributed by atoms with Gasteiger partial charge in [0.2, 0.25) is 5.82 Å². The predicted molar refractivity (Wildman–Crippen MR) is 67.7 cm³/mol. The highest BCUT2D eigenvalue weighted by molar-refractivity contribution is 9.10. The monoisotopic (exact) mass is 332 g/mol. The molecule has 4 nitrogen and oxygen atoms in total. The second-order valence-corrected chi connectivity index (χ2v) is 4.72. The van der Waals surface area contributed by atoms with Crippen molar-refractivity contribution in [1.82, 2.24) is 10.5 Å². The number of rotatable bonds is 5. The first-order valence-corrected chi connectivity index (χ1v) is 6.26. The van der Waals surface area contributed by atoms with Crippen molar-refractivity contribution in [3.05, 3.63) is 45.8 Å². The quantitative estimate of drug-likeness (QED) is 0.855. The maximum absolute atomic E-state index is 13.4. The van der Waals surface area contributed by atoms with E-state index in [1.165, 1.54) is 6.07 Å². The molecule has 0 atom stereocenters. The molecule has 1 N–H and O–H groups in total. The number of halogens is 3. The summed E-state index contributed by atoms with van der Waals surface area (Å²) in [6.45, 7) is 0.535. The van der Waals surface area contributed by atoms with E-state index in [1.54, 1.807) is 13.1 Å². The molecule has 0 amide bonds. The Morgan fingerprint density at radius 3 is 2.89 bits per heavy atom. The van der Waals surface area contributed by atoms with Gasteiger partial charge < -0.3 is 14.6 Å². The largest absolute Gasteiger partial charge is 0.482 e. The zero-order valence-electron chi connectivity index (χ0n) is 10.0. The Morgan fingerprint density at radius 2 is 2.16 bits per heavy atom. The summed E-state index contributed by atoms with van der Waals surface area (Å²) in [4.78, 5) is 0. The van der Waals surface area contributed by atoms with Crippen LogP contribution in [0.4, 0.5) is 8.78 Å². The van der Waals surface area contributed by atoms with Gasteiger partial charge in [0.15, 0.2) is 17.3 Å². The number of nitrogens with zero attached hydrogens (tertiary/aromatic N) is 1. The van der Waals surface area contributed by atoms with Crippen molar-refractivity contribution in [3.8, 4) is 5.75 Å². The third kappa shape index (κ3) is 3.51. The van der Waals surface area contributed by atoms with Crippen molar-refractivity contribution in [3.63, 3.8) is 0 Å². The van der Waals surface area contributed by atoms with E-state index in [4.69, 9.17) is 9.26 Å². The number of hydrogen-bond acceptors (Lipinski definition) is 4. The molecular weight excluding hydrogens is 322 g/mol. The molecule has 0 saturated carbocycles. The molecule has 0 unspecified atom stereocenters. The van der Waals surface area contributed by atoms with Crippen LogP contribution in [0.25, 0.3) is 0 Å². The van der Waals surface area contributed by atoms with E-state index in [1.807, 2.05) is 0 Å². The molecular formula is C12H11BrF2N2O2. The van der Waals surface area contributed by atoms with E-state index in [2.05, 4.69) is 26.4 Å². The summed E-state index contributed by atoms with van der Waals surface area (Å²) in [6.07, 6.45) is 0. The summed E-state index contributed by atoms with van der Waals surface area (Å²) in [5.74, 6) is -1.75. The molecule has 19 heavy (non-hydrogen) atoms. The maximum Gasteiger partial charge on any atom is 0.200 e. The molecule has 0 radical (unpaired) electrons. The highest BCUT2D eigenvalue weighted by atomic mass is 79.9. The van der Waals surface area contributed by atoms with E-state index in [0.717, 1.165) is 6.07 Å². The molecule has 0 spiro atoms. The molecule has 0 aliphatic carbocycles. The molecule has 1 aromatic carbocycles. The maximum atomic E-state index is 13.4. The fourth-order valence-corrected chi connectivity index (χ4v) is 1.88. The Labute approximate surface area is 116 Å². The molecule has 0 aliphatic rings. The van der Waals surface area contributed by atoms with Crippen LogP contribution in [0.1, 0.15) is 11.5 Å². The number of hydrogen-bond donors (Lipinski definition) is 1. The highest BCUT2D eigenvalue weighted by Crippen LogP contribution is 2.26. The fraction of sp³-hybridized carbons (Fsp3) is 0.250. The van der Waals surface area contributed by atoms with Crippen LogP contribution in [0.15, 0.2) is 27.2 Å². The lowest BCUT2D eigenvalue weighted by Crippen LogP contribution is -2.04. The lowest BCUT2D eigenvalue weighted by atomic mass is 10.3.